The molecule has 0 bridgehead atoms. The van der Waals surface area contributed by atoms with Gasteiger partial charge in [-0.2, -0.15) is 4.39 Å². The van der Waals surface area contributed by atoms with Gasteiger partial charge in [0.05, 0.1) is 0 Å². The fourth-order valence-electron chi connectivity index (χ4n) is 1.89. The van der Waals surface area contributed by atoms with Crippen LogP contribution in [0.25, 0.3) is 11.1 Å². The Morgan fingerprint density at radius 2 is 1.47 bits per heavy atom. The normalized spacial score (nSPS) is 10.6. The summed E-state index contributed by atoms with van der Waals surface area (Å²) in [5, 5.41) is 9.07. The average Bonchev–Trinajstić information content (AvgIpc) is 2.24. The SMILES string of the molecule is Cc1cc(C)cc(-c2ccc(O)c(F)c2F)c1. The van der Waals surface area contributed by atoms with Crippen molar-refractivity contribution >= 4 is 0 Å². The van der Waals surface area contributed by atoms with Gasteiger partial charge in [-0.3, -0.25) is 0 Å². The predicted octanol–water partition coefficient (Wildman–Crippen LogP) is 3.95. The lowest BCUT2D eigenvalue weighted by Crippen LogP contribution is -1.91. The Morgan fingerprint density at radius 3 is 2.06 bits per heavy atom. The molecular formula is C14H12F2O. The second kappa shape index (κ2) is 4.17. The summed E-state index contributed by atoms with van der Waals surface area (Å²) in [4.78, 5) is 0. The molecule has 0 saturated heterocycles. The molecule has 0 aliphatic heterocycles. The molecule has 0 atom stereocenters. The van der Waals surface area contributed by atoms with Crippen molar-refractivity contribution in [1.29, 1.82) is 0 Å². The third-order valence-electron chi connectivity index (χ3n) is 2.59. The molecule has 1 N–H and O–H groups in total. The van der Waals surface area contributed by atoms with Crippen LogP contribution in [0.4, 0.5) is 8.78 Å². The van der Waals surface area contributed by atoms with E-state index in [0.29, 0.717) is 5.56 Å². The predicted molar refractivity (Wildman–Crippen MR) is 62.9 cm³/mol. The Hall–Kier alpha value is -1.90. The van der Waals surface area contributed by atoms with Gasteiger partial charge < -0.3 is 5.11 Å². The van der Waals surface area contributed by atoms with E-state index in [9.17, 15) is 8.78 Å². The van der Waals surface area contributed by atoms with Crippen LogP contribution >= 0.6 is 0 Å². The lowest BCUT2D eigenvalue weighted by Gasteiger charge is -2.07. The largest absolute Gasteiger partial charge is 0.505 e. The zero-order chi connectivity index (χ0) is 12.6. The fourth-order valence-corrected chi connectivity index (χ4v) is 1.89. The molecule has 0 aromatic heterocycles. The summed E-state index contributed by atoms with van der Waals surface area (Å²) in [6.45, 7) is 3.79. The maximum atomic E-state index is 13.7. The van der Waals surface area contributed by atoms with Gasteiger partial charge in [0.1, 0.15) is 0 Å². The summed E-state index contributed by atoms with van der Waals surface area (Å²) < 4.78 is 26.9. The first-order valence-corrected chi connectivity index (χ1v) is 5.24. The monoisotopic (exact) mass is 234 g/mol. The van der Waals surface area contributed by atoms with Gasteiger partial charge in [-0.25, -0.2) is 4.39 Å². The van der Waals surface area contributed by atoms with Gasteiger partial charge in [0.2, 0.25) is 5.82 Å². The Balaban J connectivity index is 2.64. The summed E-state index contributed by atoms with van der Waals surface area (Å²) in [5.41, 5.74) is 2.73. The molecule has 0 unspecified atom stereocenters. The molecule has 2 aromatic carbocycles. The van der Waals surface area contributed by atoms with Crippen LogP contribution in [0.5, 0.6) is 5.75 Å². The Morgan fingerprint density at radius 1 is 0.882 bits per heavy atom. The number of phenols is 1. The van der Waals surface area contributed by atoms with Gasteiger partial charge in [0.15, 0.2) is 11.6 Å². The van der Waals surface area contributed by atoms with Gasteiger partial charge in [-0.1, -0.05) is 29.3 Å². The van der Waals surface area contributed by atoms with Crippen molar-refractivity contribution in [2.45, 2.75) is 13.8 Å². The summed E-state index contributed by atoms with van der Waals surface area (Å²) in [6.07, 6.45) is 0. The van der Waals surface area contributed by atoms with Crippen LogP contribution in [-0.4, -0.2) is 5.11 Å². The van der Waals surface area contributed by atoms with Crippen LogP contribution in [0.1, 0.15) is 11.1 Å². The topological polar surface area (TPSA) is 20.2 Å². The second-order valence-corrected chi connectivity index (χ2v) is 4.14. The van der Waals surface area contributed by atoms with Crippen molar-refractivity contribution < 1.29 is 13.9 Å². The third-order valence-corrected chi connectivity index (χ3v) is 2.59. The van der Waals surface area contributed by atoms with Crippen molar-refractivity contribution in [3.8, 4) is 16.9 Å². The number of aryl methyl sites for hydroxylation is 2. The maximum absolute atomic E-state index is 13.7. The molecule has 2 rings (SSSR count). The zero-order valence-electron chi connectivity index (χ0n) is 9.59. The first-order valence-electron chi connectivity index (χ1n) is 5.24. The van der Waals surface area contributed by atoms with E-state index >= 15 is 0 Å². The molecule has 0 aliphatic rings. The van der Waals surface area contributed by atoms with E-state index in [-0.39, 0.29) is 5.56 Å². The molecule has 88 valence electrons. The van der Waals surface area contributed by atoms with E-state index in [1.807, 2.05) is 19.9 Å². The smallest absolute Gasteiger partial charge is 0.200 e. The number of rotatable bonds is 1. The van der Waals surface area contributed by atoms with Crippen LogP contribution in [-0.2, 0) is 0 Å². The van der Waals surface area contributed by atoms with Crippen molar-refractivity contribution in [3.05, 3.63) is 53.1 Å². The van der Waals surface area contributed by atoms with Gasteiger partial charge in [0.25, 0.3) is 0 Å². The highest BCUT2D eigenvalue weighted by Crippen LogP contribution is 2.30. The van der Waals surface area contributed by atoms with Crippen LogP contribution < -0.4 is 0 Å². The second-order valence-electron chi connectivity index (χ2n) is 4.14. The summed E-state index contributed by atoms with van der Waals surface area (Å²) >= 11 is 0. The number of hydrogen-bond donors (Lipinski definition) is 1. The first kappa shape index (κ1) is 11.6. The van der Waals surface area contributed by atoms with Crippen LogP contribution in [0.3, 0.4) is 0 Å². The van der Waals surface area contributed by atoms with Crippen LogP contribution in [0, 0.1) is 25.5 Å². The van der Waals surface area contributed by atoms with Gasteiger partial charge in [-0.15, -0.1) is 0 Å². The Labute approximate surface area is 98.3 Å². The molecule has 3 heteroatoms. The molecule has 0 amide bonds. The highest BCUT2D eigenvalue weighted by Gasteiger charge is 2.14. The first-order chi connectivity index (χ1) is 7.99. The molecular weight excluding hydrogens is 222 g/mol. The Bertz CT molecular complexity index is 556. The van der Waals surface area contributed by atoms with Gasteiger partial charge in [-0.05, 0) is 31.5 Å². The maximum Gasteiger partial charge on any atom is 0.200 e. The minimum Gasteiger partial charge on any atom is -0.505 e. The molecule has 0 fully saturated rings. The molecule has 0 aliphatic carbocycles. The standard InChI is InChI=1S/C14H12F2O/c1-8-5-9(2)7-10(6-8)11-3-4-12(17)14(16)13(11)15/h3-7,17H,1-2H3. The third kappa shape index (κ3) is 2.13. The highest BCUT2D eigenvalue weighted by molar-refractivity contribution is 5.66. The van der Waals surface area contributed by atoms with Crippen molar-refractivity contribution in [1.82, 2.24) is 0 Å². The van der Waals surface area contributed by atoms with Crippen molar-refractivity contribution in [2.75, 3.05) is 0 Å². The molecule has 0 radical (unpaired) electrons. The van der Waals surface area contributed by atoms with Gasteiger partial charge in [0, 0.05) is 5.56 Å². The Kier molecular flexibility index (Phi) is 2.84. The lowest BCUT2D eigenvalue weighted by atomic mass is 10.00. The van der Waals surface area contributed by atoms with E-state index in [1.54, 1.807) is 12.1 Å². The summed E-state index contributed by atoms with van der Waals surface area (Å²) in [7, 11) is 0. The highest BCUT2D eigenvalue weighted by atomic mass is 19.2. The number of benzene rings is 2. The minimum absolute atomic E-state index is 0.159. The fraction of sp³-hybridized carbons (Fsp3) is 0.143. The van der Waals surface area contributed by atoms with E-state index in [0.717, 1.165) is 17.2 Å². The van der Waals surface area contributed by atoms with E-state index in [2.05, 4.69) is 0 Å². The number of phenolic OH excluding ortho intramolecular Hbond substituents is 1. The lowest BCUT2D eigenvalue weighted by molar-refractivity contribution is 0.408. The average molecular weight is 234 g/mol. The number of halogens is 2. The van der Waals surface area contributed by atoms with Gasteiger partial charge >= 0.3 is 0 Å². The number of hydrogen-bond acceptors (Lipinski definition) is 1. The van der Waals surface area contributed by atoms with Crippen LogP contribution in [0.15, 0.2) is 30.3 Å². The minimum atomic E-state index is -1.21. The molecule has 1 nitrogen and oxygen atoms in total. The zero-order valence-corrected chi connectivity index (χ0v) is 9.59. The molecule has 0 spiro atoms. The van der Waals surface area contributed by atoms with Crippen molar-refractivity contribution in [2.24, 2.45) is 0 Å². The molecule has 17 heavy (non-hydrogen) atoms. The molecule has 2 aromatic rings. The summed E-state index contributed by atoms with van der Waals surface area (Å²) in [6, 6.07) is 8.05. The molecule has 0 heterocycles. The van der Waals surface area contributed by atoms with Crippen molar-refractivity contribution in [3.63, 3.8) is 0 Å². The van der Waals surface area contributed by atoms with E-state index in [4.69, 9.17) is 5.11 Å². The van der Waals surface area contributed by atoms with E-state index in [1.165, 1.54) is 6.07 Å². The van der Waals surface area contributed by atoms with E-state index < -0.39 is 17.4 Å². The molecule has 0 saturated carbocycles. The summed E-state index contributed by atoms with van der Waals surface area (Å²) in [5.74, 6) is -2.90. The quantitative estimate of drug-likeness (QED) is 0.792. The van der Waals surface area contributed by atoms with Crippen LogP contribution in [0.2, 0.25) is 0 Å². The number of aromatic hydroxyl groups is 1.